The number of rotatable bonds is 4. The van der Waals surface area contributed by atoms with Crippen LogP contribution in [0.3, 0.4) is 0 Å². The van der Waals surface area contributed by atoms with Crippen LogP contribution in [0.25, 0.3) is 0 Å². The molecule has 1 aromatic carbocycles. The second-order valence-electron chi connectivity index (χ2n) is 4.97. The highest BCUT2D eigenvalue weighted by molar-refractivity contribution is 5.24. The first-order valence-electron chi connectivity index (χ1n) is 5.89. The molecule has 0 bridgehead atoms. The van der Waals surface area contributed by atoms with Gasteiger partial charge < -0.3 is 4.90 Å². The molecule has 0 aromatic heterocycles. The minimum atomic E-state index is -0.487. The van der Waals surface area contributed by atoms with E-state index in [1.54, 1.807) is 19.0 Å². The Labute approximate surface area is 107 Å². The van der Waals surface area contributed by atoms with Gasteiger partial charge in [0.2, 0.25) is 0 Å². The van der Waals surface area contributed by atoms with Gasteiger partial charge in [-0.1, -0.05) is 13.8 Å². The zero-order chi connectivity index (χ0) is 13.9. The van der Waals surface area contributed by atoms with Gasteiger partial charge in [0.15, 0.2) is 0 Å². The highest BCUT2D eigenvalue weighted by Gasteiger charge is 2.30. The van der Waals surface area contributed by atoms with Gasteiger partial charge in [-0.15, -0.1) is 0 Å². The highest BCUT2D eigenvalue weighted by atomic mass is 19.1. The largest absolute Gasteiger partial charge is 0.301 e. The third-order valence-electron chi connectivity index (χ3n) is 3.04. The molecule has 18 heavy (non-hydrogen) atoms. The Morgan fingerprint density at radius 2 is 1.83 bits per heavy atom. The third kappa shape index (κ3) is 3.05. The zero-order valence-corrected chi connectivity index (χ0v) is 11.1. The van der Waals surface area contributed by atoms with Gasteiger partial charge in [-0.3, -0.25) is 0 Å². The van der Waals surface area contributed by atoms with Crippen LogP contribution >= 0.6 is 0 Å². The molecule has 0 saturated carbocycles. The summed E-state index contributed by atoms with van der Waals surface area (Å²) in [5, 5.41) is 9.24. The molecule has 0 aliphatic heterocycles. The maximum atomic E-state index is 13.8. The molecule has 2 atom stereocenters. The van der Waals surface area contributed by atoms with Gasteiger partial charge in [0.25, 0.3) is 0 Å². The van der Waals surface area contributed by atoms with Crippen molar-refractivity contribution in [3.8, 4) is 6.07 Å². The molecule has 0 saturated heterocycles. The molecule has 2 nitrogen and oxygen atoms in total. The van der Waals surface area contributed by atoms with Crippen LogP contribution in [-0.2, 0) is 0 Å². The molecule has 0 spiro atoms. The highest BCUT2D eigenvalue weighted by Crippen LogP contribution is 2.33. The molecule has 0 aliphatic carbocycles. The number of halogens is 2. The van der Waals surface area contributed by atoms with Gasteiger partial charge in [0, 0.05) is 5.56 Å². The number of nitriles is 1. The monoisotopic (exact) mass is 252 g/mol. The van der Waals surface area contributed by atoms with Gasteiger partial charge in [-0.05, 0) is 38.2 Å². The van der Waals surface area contributed by atoms with E-state index in [4.69, 9.17) is 0 Å². The van der Waals surface area contributed by atoms with E-state index in [1.165, 1.54) is 6.07 Å². The Morgan fingerprint density at radius 3 is 2.28 bits per heavy atom. The van der Waals surface area contributed by atoms with Gasteiger partial charge in [0.05, 0.1) is 18.0 Å². The molecule has 2 unspecified atom stereocenters. The summed E-state index contributed by atoms with van der Waals surface area (Å²) in [5.41, 5.74) is 0.236. The summed E-state index contributed by atoms with van der Waals surface area (Å²) in [6.07, 6.45) is 0. The fourth-order valence-electron chi connectivity index (χ4n) is 2.12. The van der Waals surface area contributed by atoms with Crippen molar-refractivity contribution >= 4 is 0 Å². The maximum Gasteiger partial charge on any atom is 0.128 e. The molecule has 1 rings (SSSR count). The molecule has 0 aliphatic rings. The molecular weight excluding hydrogens is 234 g/mol. The quantitative estimate of drug-likeness (QED) is 0.821. The molecule has 0 amide bonds. The summed E-state index contributed by atoms with van der Waals surface area (Å²) < 4.78 is 27.1. The number of nitrogens with zero attached hydrogens (tertiary/aromatic N) is 2. The van der Waals surface area contributed by atoms with Crippen LogP contribution in [0.15, 0.2) is 18.2 Å². The van der Waals surface area contributed by atoms with Crippen molar-refractivity contribution in [3.05, 3.63) is 35.4 Å². The van der Waals surface area contributed by atoms with E-state index in [0.717, 1.165) is 12.1 Å². The number of hydrogen-bond donors (Lipinski definition) is 0. The van der Waals surface area contributed by atoms with E-state index in [-0.39, 0.29) is 11.5 Å². The minimum absolute atomic E-state index is 0.0602. The van der Waals surface area contributed by atoms with Crippen LogP contribution in [0.5, 0.6) is 0 Å². The Balaban J connectivity index is 3.28. The van der Waals surface area contributed by atoms with Crippen LogP contribution < -0.4 is 0 Å². The molecule has 0 heterocycles. The van der Waals surface area contributed by atoms with Crippen molar-refractivity contribution in [2.24, 2.45) is 11.8 Å². The van der Waals surface area contributed by atoms with Crippen LogP contribution in [0.2, 0.25) is 0 Å². The summed E-state index contributed by atoms with van der Waals surface area (Å²) in [6.45, 7) is 3.81. The van der Waals surface area contributed by atoms with Crippen LogP contribution in [0, 0.1) is 34.8 Å². The predicted octanol–water partition coefficient (Wildman–Crippen LogP) is 3.36. The van der Waals surface area contributed by atoms with Crippen LogP contribution in [0.1, 0.15) is 25.5 Å². The zero-order valence-electron chi connectivity index (χ0n) is 11.1. The third-order valence-corrected chi connectivity index (χ3v) is 3.04. The van der Waals surface area contributed by atoms with Crippen LogP contribution in [0.4, 0.5) is 8.78 Å². The normalized spacial score (nSPS) is 14.6. The van der Waals surface area contributed by atoms with Gasteiger partial charge >= 0.3 is 0 Å². The van der Waals surface area contributed by atoms with E-state index < -0.39 is 23.6 Å². The minimum Gasteiger partial charge on any atom is -0.301 e. The molecule has 0 N–H and O–H groups in total. The number of hydrogen-bond acceptors (Lipinski definition) is 2. The van der Waals surface area contributed by atoms with E-state index in [0.29, 0.717) is 0 Å². The molecule has 0 radical (unpaired) electrons. The number of benzene rings is 1. The lowest BCUT2D eigenvalue weighted by atomic mass is 9.84. The maximum absolute atomic E-state index is 13.8. The first-order chi connectivity index (χ1) is 8.38. The fourth-order valence-corrected chi connectivity index (χ4v) is 2.12. The molecule has 4 heteroatoms. The average molecular weight is 252 g/mol. The molecular formula is C14H18F2N2. The summed E-state index contributed by atoms with van der Waals surface area (Å²) in [5.74, 6) is -1.30. The molecule has 1 aromatic rings. The first kappa shape index (κ1) is 14.6. The lowest BCUT2D eigenvalue weighted by molar-refractivity contribution is 0.204. The second-order valence-corrected chi connectivity index (χ2v) is 4.97. The summed E-state index contributed by atoms with van der Waals surface area (Å²) in [4.78, 5) is 1.76. The summed E-state index contributed by atoms with van der Waals surface area (Å²) >= 11 is 0. The average Bonchev–Trinajstić information content (AvgIpc) is 2.28. The van der Waals surface area contributed by atoms with Crippen molar-refractivity contribution < 1.29 is 8.78 Å². The lowest BCUT2D eigenvalue weighted by Gasteiger charge is -2.31. The first-order valence-corrected chi connectivity index (χ1v) is 5.89. The Bertz CT molecular complexity index is 450. The molecule has 0 fully saturated rings. The van der Waals surface area contributed by atoms with Gasteiger partial charge in [0.1, 0.15) is 11.6 Å². The van der Waals surface area contributed by atoms with Crippen molar-refractivity contribution in [2.75, 3.05) is 14.1 Å². The smallest absolute Gasteiger partial charge is 0.128 e. The standard InChI is InChI=1S/C14H18F2N2/c1-9(2)12(8-17)14(18(3)4)11-7-10(15)5-6-13(11)16/h5-7,9,12,14H,1-4H3. The lowest BCUT2D eigenvalue weighted by Crippen LogP contribution is -2.30. The van der Waals surface area contributed by atoms with Crippen molar-refractivity contribution in [2.45, 2.75) is 19.9 Å². The van der Waals surface area contributed by atoms with Crippen LogP contribution in [-0.4, -0.2) is 19.0 Å². The Morgan fingerprint density at radius 1 is 1.22 bits per heavy atom. The van der Waals surface area contributed by atoms with E-state index >= 15 is 0 Å². The van der Waals surface area contributed by atoms with Crippen molar-refractivity contribution in [1.82, 2.24) is 4.90 Å². The fraction of sp³-hybridized carbons (Fsp3) is 0.500. The van der Waals surface area contributed by atoms with Crippen molar-refractivity contribution in [3.63, 3.8) is 0 Å². The van der Waals surface area contributed by atoms with Gasteiger partial charge in [-0.25, -0.2) is 8.78 Å². The Hall–Kier alpha value is -1.47. The topological polar surface area (TPSA) is 27.0 Å². The SMILES string of the molecule is CC(C)C(C#N)C(c1cc(F)ccc1F)N(C)C. The predicted molar refractivity (Wildman–Crippen MR) is 66.7 cm³/mol. The van der Waals surface area contributed by atoms with Crippen molar-refractivity contribution in [1.29, 1.82) is 5.26 Å². The molecule has 98 valence electrons. The summed E-state index contributed by atoms with van der Waals surface area (Å²) in [6, 6.07) is 5.11. The van der Waals surface area contributed by atoms with E-state index in [1.807, 2.05) is 13.8 Å². The Kier molecular flexibility index (Phi) is 4.80. The summed E-state index contributed by atoms with van der Waals surface area (Å²) in [7, 11) is 3.53. The van der Waals surface area contributed by atoms with E-state index in [2.05, 4.69) is 6.07 Å². The van der Waals surface area contributed by atoms with Gasteiger partial charge in [-0.2, -0.15) is 5.26 Å². The van der Waals surface area contributed by atoms with E-state index in [9.17, 15) is 14.0 Å². The second kappa shape index (κ2) is 5.92.